The number of imide groups is 1. The van der Waals surface area contributed by atoms with Crippen molar-refractivity contribution < 1.29 is 14.0 Å². The summed E-state index contributed by atoms with van der Waals surface area (Å²) < 4.78 is 5.49. The van der Waals surface area contributed by atoms with Crippen LogP contribution in [-0.2, 0) is 4.79 Å². The first kappa shape index (κ1) is 18.2. The Morgan fingerprint density at radius 1 is 1.04 bits per heavy atom. The molecular weight excluding hydrogens is 330 g/mol. The average molecular weight is 355 g/mol. The van der Waals surface area contributed by atoms with Crippen molar-refractivity contribution >= 4 is 11.9 Å². The minimum Gasteiger partial charge on any atom is -0.467 e. The number of hydrogen-bond donors (Lipinski definition) is 3. The van der Waals surface area contributed by atoms with Gasteiger partial charge in [0, 0.05) is 6.04 Å². The van der Waals surface area contributed by atoms with Crippen molar-refractivity contribution in [1.29, 1.82) is 0 Å². The Morgan fingerprint density at radius 3 is 2.50 bits per heavy atom. The number of carbonyl (C=O) groups is 2. The third kappa shape index (κ3) is 5.20. The fraction of sp³-hybridized carbons (Fsp3) is 0.400. The zero-order chi connectivity index (χ0) is 18.2. The van der Waals surface area contributed by atoms with Gasteiger partial charge in [0.05, 0.1) is 18.8 Å². The monoisotopic (exact) mass is 355 g/mol. The van der Waals surface area contributed by atoms with Gasteiger partial charge in [0.25, 0.3) is 0 Å². The van der Waals surface area contributed by atoms with E-state index in [4.69, 9.17) is 4.42 Å². The quantitative estimate of drug-likeness (QED) is 0.743. The highest BCUT2D eigenvalue weighted by atomic mass is 16.3. The van der Waals surface area contributed by atoms with Gasteiger partial charge in [0.1, 0.15) is 5.76 Å². The van der Waals surface area contributed by atoms with Gasteiger partial charge in [-0.15, -0.1) is 0 Å². The highest BCUT2D eigenvalue weighted by molar-refractivity contribution is 5.95. The maximum Gasteiger partial charge on any atom is 0.321 e. The highest BCUT2D eigenvalue weighted by Gasteiger charge is 2.19. The van der Waals surface area contributed by atoms with Gasteiger partial charge in [-0.1, -0.05) is 49.6 Å². The molecule has 1 fully saturated rings. The summed E-state index contributed by atoms with van der Waals surface area (Å²) in [5, 5.41) is 8.44. The van der Waals surface area contributed by atoms with Crippen molar-refractivity contribution in [2.45, 2.75) is 44.2 Å². The molecule has 3 rings (SSSR count). The van der Waals surface area contributed by atoms with Crippen LogP contribution in [-0.4, -0.2) is 24.5 Å². The smallest absolute Gasteiger partial charge is 0.321 e. The number of hydrogen-bond acceptors (Lipinski definition) is 4. The van der Waals surface area contributed by atoms with Crippen LogP contribution in [0.3, 0.4) is 0 Å². The van der Waals surface area contributed by atoms with Gasteiger partial charge < -0.3 is 9.73 Å². The van der Waals surface area contributed by atoms with Crippen molar-refractivity contribution in [1.82, 2.24) is 16.0 Å². The number of benzene rings is 1. The Morgan fingerprint density at radius 2 is 1.81 bits per heavy atom. The van der Waals surface area contributed by atoms with Crippen LogP contribution in [0.25, 0.3) is 0 Å². The Hall–Kier alpha value is -2.60. The molecule has 0 unspecified atom stereocenters. The van der Waals surface area contributed by atoms with Gasteiger partial charge in [-0.25, -0.2) is 4.79 Å². The zero-order valence-electron chi connectivity index (χ0n) is 14.7. The van der Waals surface area contributed by atoms with Crippen molar-refractivity contribution in [2.75, 3.05) is 6.54 Å². The predicted molar refractivity (Wildman–Crippen MR) is 98.5 cm³/mol. The Kier molecular flexibility index (Phi) is 6.44. The van der Waals surface area contributed by atoms with E-state index in [1.165, 1.54) is 6.42 Å². The van der Waals surface area contributed by atoms with Crippen molar-refractivity contribution in [3.63, 3.8) is 0 Å². The Balaban J connectivity index is 1.52. The van der Waals surface area contributed by atoms with E-state index >= 15 is 0 Å². The second-order valence-corrected chi connectivity index (χ2v) is 6.60. The fourth-order valence-corrected chi connectivity index (χ4v) is 3.32. The Labute approximate surface area is 153 Å². The molecule has 1 aromatic heterocycles. The number of nitrogens with one attached hydrogen (secondary N) is 3. The molecule has 0 saturated heterocycles. The normalized spacial score (nSPS) is 16.0. The molecule has 6 heteroatoms. The number of furan rings is 1. The van der Waals surface area contributed by atoms with E-state index in [9.17, 15) is 9.59 Å². The summed E-state index contributed by atoms with van der Waals surface area (Å²) in [4.78, 5) is 24.1. The van der Waals surface area contributed by atoms with Crippen LogP contribution < -0.4 is 16.0 Å². The van der Waals surface area contributed by atoms with Crippen LogP contribution in [0.2, 0.25) is 0 Å². The van der Waals surface area contributed by atoms with Gasteiger partial charge in [-0.05, 0) is 30.5 Å². The molecule has 1 aliphatic rings. The molecule has 1 saturated carbocycles. The molecule has 3 N–H and O–H groups in total. The molecule has 2 aromatic rings. The molecule has 0 bridgehead atoms. The molecule has 3 amide bonds. The zero-order valence-corrected chi connectivity index (χ0v) is 14.7. The minimum absolute atomic E-state index is 0.0122. The SMILES string of the molecule is O=C(CN[C@@H](c1ccccc1)c1ccco1)NC(=O)NC1CCCCC1. The lowest BCUT2D eigenvalue weighted by atomic mass is 9.96. The highest BCUT2D eigenvalue weighted by Crippen LogP contribution is 2.22. The molecule has 0 spiro atoms. The first-order valence-electron chi connectivity index (χ1n) is 9.14. The van der Waals surface area contributed by atoms with Crippen LogP contribution >= 0.6 is 0 Å². The fourth-order valence-electron chi connectivity index (χ4n) is 3.32. The topological polar surface area (TPSA) is 83.4 Å². The van der Waals surface area contributed by atoms with E-state index < -0.39 is 6.03 Å². The molecular formula is C20H25N3O3. The predicted octanol–water partition coefficient (Wildman–Crippen LogP) is 3.12. The lowest BCUT2D eigenvalue weighted by molar-refractivity contribution is -0.119. The molecule has 6 nitrogen and oxygen atoms in total. The van der Waals surface area contributed by atoms with Crippen LogP contribution in [0.1, 0.15) is 49.5 Å². The summed E-state index contributed by atoms with van der Waals surface area (Å²) in [5.74, 6) is 0.349. The van der Waals surface area contributed by atoms with E-state index in [0.717, 1.165) is 37.0 Å². The lowest BCUT2D eigenvalue weighted by Gasteiger charge is -2.22. The van der Waals surface area contributed by atoms with Gasteiger partial charge >= 0.3 is 6.03 Å². The summed E-state index contributed by atoms with van der Waals surface area (Å²) in [6, 6.07) is 12.9. The second kappa shape index (κ2) is 9.20. The summed E-state index contributed by atoms with van der Waals surface area (Å²) in [5.41, 5.74) is 0.988. The van der Waals surface area contributed by atoms with E-state index in [2.05, 4.69) is 16.0 Å². The average Bonchev–Trinajstić information content (AvgIpc) is 3.18. The van der Waals surface area contributed by atoms with Gasteiger partial charge in [-0.2, -0.15) is 0 Å². The summed E-state index contributed by atoms with van der Waals surface area (Å²) >= 11 is 0. The standard InChI is InChI=1S/C20H25N3O3/c24-18(23-20(25)22-16-10-5-2-6-11-16)14-21-19(17-12-7-13-26-17)15-8-3-1-4-9-15/h1,3-4,7-9,12-13,16,19,21H,2,5-6,10-11,14H2,(H2,22,23,24,25)/t19-/m0/s1. The van der Waals surface area contributed by atoms with Crippen LogP contribution in [0.15, 0.2) is 53.1 Å². The number of urea groups is 1. The molecule has 1 atom stereocenters. The molecule has 1 aromatic carbocycles. The number of rotatable bonds is 6. The number of carbonyl (C=O) groups excluding carboxylic acids is 2. The molecule has 1 aliphatic carbocycles. The second-order valence-electron chi connectivity index (χ2n) is 6.60. The van der Waals surface area contributed by atoms with Crippen molar-refractivity contribution in [3.8, 4) is 0 Å². The third-order valence-electron chi connectivity index (χ3n) is 4.62. The maximum atomic E-state index is 12.1. The van der Waals surface area contributed by atoms with Gasteiger partial charge in [0.15, 0.2) is 0 Å². The minimum atomic E-state index is -0.419. The first-order chi connectivity index (χ1) is 12.7. The Bertz CT molecular complexity index is 694. The van der Waals surface area contributed by atoms with E-state index in [0.29, 0.717) is 0 Å². The molecule has 0 aliphatic heterocycles. The maximum absolute atomic E-state index is 12.1. The number of amides is 3. The van der Waals surface area contributed by atoms with Crippen LogP contribution in [0, 0.1) is 0 Å². The van der Waals surface area contributed by atoms with Crippen molar-refractivity contribution in [3.05, 3.63) is 60.1 Å². The van der Waals surface area contributed by atoms with Crippen molar-refractivity contribution in [2.24, 2.45) is 0 Å². The molecule has 138 valence electrons. The first-order valence-corrected chi connectivity index (χ1v) is 9.14. The molecule has 1 heterocycles. The third-order valence-corrected chi connectivity index (χ3v) is 4.62. The summed E-state index contributed by atoms with van der Waals surface area (Å²) in [7, 11) is 0. The van der Waals surface area contributed by atoms with E-state index in [-0.39, 0.29) is 24.5 Å². The van der Waals surface area contributed by atoms with E-state index in [1.54, 1.807) is 6.26 Å². The largest absolute Gasteiger partial charge is 0.467 e. The van der Waals surface area contributed by atoms with Gasteiger partial charge in [0.2, 0.25) is 5.91 Å². The summed E-state index contributed by atoms with van der Waals surface area (Å²) in [6.45, 7) is 0.0122. The lowest BCUT2D eigenvalue weighted by Crippen LogP contribution is -2.47. The van der Waals surface area contributed by atoms with Crippen LogP contribution in [0.5, 0.6) is 0 Å². The molecule has 0 radical (unpaired) electrons. The van der Waals surface area contributed by atoms with Gasteiger partial charge in [-0.3, -0.25) is 15.4 Å². The summed E-state index contributed by atoms with van der Waals surface area (Å²) in [6.07, 6.45) is 7.04. The van der Waals surface area contributed by atoms with Crippen LogP contribution in [0.4, 0.5) is 4.79 Å². The van der Waals surface area contributed by atoms with E-state index in [1.807, 2.05) is 42.5 Å². The molecule has 26 heavy (non-hydrogen) atoms.